The van der Waals surface area contributed by atoms with Crippen LogP contribution in [0.5, 0.6) is 0 Å². The van der Waals surface area contributed by atoms with Gasteiger partial charge >= 0.3 is 0 Å². The number of hydrogen-bond donors (Lipinski definition) is 2. The van der Waals surface area contributed by atoms with Crippen LogP contribution in [0.2, 0.25) is 0 Å². The lowest BCUT2D eigenvalue weighted by molar-refractivity contribution is -0.136. The summed E-state index contributed by atoms with van der Waals surface area (Å²) >= 11 is 0. The highest BCUT2D eigenvalue weighted by molar-refractivity contribution is 5.88. The van der Waals surface area contributed by atoms with Gasteiger partial charge in [-0.15, -0.1) is 5.11 Å². The molecule has 0 aromatic heterocycles. The predicted molar refractivity (Wildman–Crippen MR) is 77.5 cm³/mol. The molecule has 2 unspecified atom stereocenters. The van der Waals surface area contributed by atoms with E-state index in [0.717, 1.165) is 5.56 Å². The standard InChI is InChI=1S/C14H19N5O2/c1-2-12(14(15)21)19-8-10(7-13(19)20)9-4-3-5-11(6-9)17-18-16/h3-6,10,12H,2,7-8H2,1H3,(H2,15,21)(H2,16,17). The van der Waals surface area contributed by atoms with Crippen molar-refractivity contribution in [1.29, 1.82) is 0 Å². The maximum Gasteiger partial charge on any atom is 0.240 e. The molecular weight excluding hydrogens is 270 g/mol. The topological polar surface area (TPSA) is 114 Å². The van der Waals surface area contributed by atoms with Crippen molar-refractivity contribution >= 4 is 17.5 Å². The molecule has 1 aliphatic heterocycles. The molecule has 4 N–H and O–H groups in total. The Labute approximate surface area is 123 Å². The Morgan fingerprint density at radius 1 is 1.52 bits per heavy atom. The first kappa shape index (κ1) is 15.0. The number of carbonyl (C=O) groups is 2. The van der Waals surface area contributed by atoms with Gasteiger partial charge in [0.05, 0.1) is 5.69 Å². The summed E-state index contributed by atoms with van der Waals surface area (Å²) in [6, 6.07) is 6.88. The molecule has 1 aromatic rings. The van der Waals surface area contributed by atoms with Gasteiger partial charge in [0, 0.05) is 18.9 Å². The largest absolute Gasteiger partial charge is 0.368 e. The van der Waals surface area contributed by atoms with Crippen molar-refractivity contribution < 1.29 is 9.59 Å². The molecule has 2 amide bonds. The van der Waals surface area contributed by atoms with Gasteiger partial charge < -0.3 is 16.5 Å². The van der Waals surface area contributed by atoms with E-state index >= 15 is 0 Å². The van der Waals surface area contributed by atoms with Gasteiger partial charge in [-0.3, -0.25) is 9.59 Å². The Balaban J connectivity index is 2.19. The normalized spacial score (nSPS) is 20.1. The minimum atomic E-state index is -0.533. The highest BCUT2D eigenvalue weighted by atomic mass is 16.2. The van der Waals surface area contributed by atoms with Crippen LogP contribution < -0.4 is 11.6 Å². The van der Waals surface area contributed by atoms with Crippen LogP contribution in [0.1, 0.15) is 31.2 Å². The fraction of sp³-hybridized carbons (Fsp3) is 0.429. The molecule has 1 saturated heterocycles. The third-order valence-electron chi connectivity index (χ3n) is 3.76. The number of primary amides is 1. The zero-order chi connectivity index (χ0) is 15.4. The molecule has 7 nitrogen and oxygen atoms in total. The zero-order valence-electron chi connectivity index (χ0n) is 11.9. The SMILES string of the molecule is CCC(C(N)=O)N1CC(c2cccc(N=NN)c2)CC1=O. The summed E-state index contributed by atoms with van der Waals surface area (Å²) in [7, 11) is 0. The smallest absolute Gasteiger partial charge is 0.240 e. The lowest BCUT2D eigenvalue weighted by Crippen LogP contribution is -2.45. The number of amides is 2. The van der Waals surface area contributed by atoms with Crippen molar-refractivity contribution in [1.82, 2.24) is 4.90 Å². The van der Waals surface area contributed by atoms with E-state index in [1.165, 1.54) is 0 Å². The number of nitrogens with two attached hydrogens (primary N) is 2. The molecule has 1 heterocycles. The number of benzene rings is 1. The highest BCUT2D eigenvalue weighted by Gasteiger charge is 2.36. The number of carbonyl (C=O) groups excluding carboxylic acids is 2. The Bertz CT molecular complexity index is 572. The molecule has 2 rings (SSSR count). The van der Waals surface area contributed by atoms with E-state index in [1.54, 1.807) is 11.0 Å². The van der Waals surface area contributed by atoms with Crippen molar-refractivity contribution in [3.8, 4) is 0 Å². The molecule has 2 atom stereocenters. The van der Waals surface area contributed by atoms with Crippen LogP contribution in [0, 0.1) is 0 Å². The average molecular weight is 289 g/mol. The van der Waals surface area contributed by atoms with Crippen LogP contribution in [0.3, 0.4) is 0 Å². The van der Waals surface area contributed by atoms with Crippen LogP contribution >= 0.6 is 0 Å². The average Bonchev–Trinajstić information content (AvgIpc) is 2.82. The molecular formula is C14H19N5O2. The van der Waals surface area contributed by atoms with Crippen LogP contribution in [0.25, 0.3) is 0 Å². The van der Waals surface area contributed by atoms with Gasteiger partial charge in [0.25, 0.3) is 0 Å². The minimum absolute atomic E-state index is 0.0267. The minimum Gasteiger partial charge on any atom is -0.368 e. The van der Waals surface area contributed by atoms with Crippen molar-refractivity contribution in [3.05, 3.63) is 29.8 Å². The van der Waals surface area contributed by atoms with E-state index in [0.29, 0.717) is 25.1 Å². The summed E-state index contributed by atoms with van der Waals surface area (Å²) < 4.78 is 0. The first-order valence-electron chi connectivity index (χ1n) is 6.86. The summed E-state index contributed by atoms with van der Waals surface area (Å²) in [5.41, 5.74) is 6.99. The molecule has 21 heavy (non-hydrogen) atoms. The Morgan fingerprint density at radius 3 is 2.90 bits per heavy atom. The molecule has 0 spiro atoms. The van der Waals surface area contributed by atoms with Crippen molar-refractivity contribution in [3.63, 3.8) is 0 Å². The molecule has 1 aliphatic rings. The number of likely N-dealkylation sites (tertiary alicyclic amines) is 1. The fourth-order valence-electron chi connectivity index (χ4n) is 2.74. The van der Waals surface area contributed by atoms with Crippen molar-refractivity contribution in [2.45, 2.75) is 31.7 Å². The Morgan fingerprint density at radius 2 is 2.29 bits per heavy atom. The maximum atomic E-state index is 12.1. The van der Waals surface area contributed by atoms with Gasteiger partial charge in [0.15, 0.2) is 0 Å². The number of rotatable bonds is 5. The summed E-state index contributed by atoms with van der Waals surface area (Å²) in [4.78, 5) is 25.1. The fourth-order valence-corrected chi connectivity index (χ4v) is 2.74. The third-order valence-corrected chi connectivity index (χ3v) is 3.76. The number of hydrogen-bond acceptors (Lipinski definition) is 4. The maximum absolute atomic E-state index is 12.1. The van der Waals surface area contributed by atoms with Crippen LogP contribution in [0.15, 0.2) is 34.6 Å². The van der Waals surface area contributed by atoms with E-state index in [4.69, 9.17) is 11.6 Å². The van der Waals surface area contributed by atoms with E-state index in [-0.39, 0.29) is 11.8 Å². The van der Waals surface area contributed by atoms with Gasteiger partial charge in [-0.1, -0.05) is 24.3 Å². The summed E-state index contributed by atoms with van der Waals surface area (Å²) in [6.45, 7) is 2.34. The molecule has 112 valence electrons. The van der Waals surface area contributed by atoms with Gasteiger partial charge in [-0.25, -0.2) is 0 Å². The highest BCUT2D eigenvalue weighted by Crippen LogP contribution is 2.31. The van der Waals surface area contributed by atoms with Gasteiger partial charge in [0.1, 0.15) is 6.04 Å². The van der Waals surface area contributed by atoms with Gasteiger partial charge in [-0.2, -0.15) is 0 Å². The molecule has 0 bridgehead atoms. The van der Waals surface area contributed by atoms with Gasteiger partial charge in [0.2, 0.25) is 11.8 Å². The second-order valence-corrected chi connectivity index (χ2v) is 5.08. The van der Waals surface area contributed by atoms with E-state index < -0.39 is 11.9 Å². The lowest BCUT2D eigenvalue weighted by atomic mass is 9.98. The molecule has 0 saturated carbocycles. The first-order chi connectivity index (χ1) is 10.1. The summed E-state index contributed by atoms with van der Waals surface area (Å²) in [6.07, 6.45) is 0.891. The molecule has 0 aliphatic carbocycles. The monoisotopic (exact) mass is 289 g/mol. The van der Waals surface area contributed by atoms with Gasteiger partial charge in [-0.05, 0) is 24.1 Å². The lowest BCUT2D eigenvalue weighted by Gasteiger charge is -2.24. The van der Waals surface area contributed by atoms with Crippen LogP contribution in [-0.4, -0.2) is 29.3 Å². The van der Waals surface area contributed by atoms with E-state index in [2.05, 4.69) is 10.3 Å². The zero-order valence-corrected chi connectivity index (χ0v) is 11.9. The quantitative estimate of drug-likeness (QED) is 0.482. The first-order valence-corrected chi connectivity index (χ1v) is 6.86. The second-order valence-electron chi connectivity index (χ2n) is 5.08. The van der Waals surface area contributed by atoms with Crippen LogP contribution in [0.4, 0.5) is 5.69 Å². The molecule has 1 fully saturated rings. The Kier molecular flexibility index (Phi) is 4.52. The summed E-state index contributed by atoms with van der Waals surface area (Å²) in [5, 5.41) is 7.04. The predicted octanol–water partition coefficient (Wildman–Crippen LogP) is 1.22. The van der Waals surface area contributed by atoms with Crippen molar-refractivity contribution in [2.24, 2.45) is 21.9 Å². The van der Waals surface area contributed by atoms with Crippen molar-refractivity contribution in [2.75, 3.05) is 6.54 Å². The second kappa shape index (κ2) is 6.34. The van der Waals surface area contributed by atoms with Crippen LogP contribution in [-0.2, 0) is 9.59 Å². The Hall–Kier alpha value is -2.44. The summed E-state index contributed by atoms with van der Waals surface area (Å²) in [5.74, 6) is 4.56. The molecule has 0 radical (unpaired) electrons. The molecule has 1 aromatic carbocycles. The number of nitrogens with zero attached hydrogens (tertiary/aromatic N) is 3. The van der Waals surface area contributed by atoms with E-state index in [9.17, 15) is 9.59 Å². The third kappa shape index (κ3) is 3.18. The van der Waals surface area contributed by atoms with E-state index in [1.807, 2.05) is 25.1 Å². The molecule has 7 heteroatoms.